The summed E-state index contributed by atoms with van der Waals surface area (Å²) in [5, 5.41) is 15.0. The third kappa shape index (κ3) is 25.7. The average molecular weight is 478 g/mol. The summed E-state index contributed by atoms with van der Waals surface area (Å²) in [4.78, 5) is 26.9. The summed E-state index contributed by atoms with van der Waals surface area (Å²) in [5.74, 6) is -1.19. The van der Waals surface area contributed by atoms with Crippen molar-refractivity contribution in [2.24, 2.45) is 0 Å². The summed E-state index contributed by atoms with van der Waals surface area (Å²) in [6.45, 7) is 3.69. The SMILES string of the molecule is CCCCCCCCOP(=O)(OCCCCCCCC)OP(=O)(O)O.O=C(O)CO. The molecule has 0 aromatic heterocycles. The van der Waals surface area contributed by atoms with Gasteiger partial charge in [-0.25, -0.2) is 13.9 Å². The lowest BCUT2D eigenvalue weighted by atomic mass is 10.1. The van der Waals surface area contributed by atoms with Crippen molar-refractivity contribution in [3.05, 3.63) is 0 Å². The standard InChI is InChI=1S/C16H36O7P2.C2H4O3/c1-3-5-7-9-11-13-15-21-25(20,23-24(17,18)19)22-16-14-12-10-8-6-4-2;3-1-2(4)5/h3-16H2,1-2H3,(H2,17,18,19);3H,1H2,(H,4,5). The molecule has 0 saturated heterocycles. The minimum atomic E-state index is -4.94. The number of aliphatic hydroxyl groups excluding tert-OH is 1. The van der Waals surface area contributed by atoms with E-state index in [0.29, 0.717) is 12.8 Å². The fourth-order valence-electron chi connectivity index (χ4n) is 2.33. The first-order valence-corrected chi connectivity index (χ1v) is 13.6. The van der Waals surface area contributed by atoms with Gasteiger partial charge in [-0.2, -0.15) is 4.31 Å². The molecule has 0 rings (SSSR count). The zero-order chi connectivity index (χ0) is 23.3. The molecule has 0 atom stereocenters. The Labute approximate surface area is 180 Å². The Morgan fingerprint density at radius 1 is 0.733 bits per heavy atom. The lowest BCUT2D eigenvalue weighted by Crippen LogP contribution is -2.02. The Bertz CT molecular complexity index is 473. The van der Waals surface area contributed by atoms with Crippen LogP contribution < -0.4 is 0 Å². The van der Waals surface area contributed by atoms with Gasteiger partial charge in [0.05, 0.1) is 13.2 Å². The predicted molar refractivity (Wildman–Crippen MR) is 114 cm³/mol. The van der Waals surface area contributed by atoms with E-state index in [9.17, 15) is 9.13 Å². The van der Waals surface area contributed by atoms with Gasteiger partial charge >= 0.3 is 21.6 Å². The Hall–Kier alpha value is -0.310. The van der Waals surface area contributed by atoms with Gasteiger partial charge in [-0.1, -0.05) is 78.1 Å². The zero-order valence-electron chi connectivity index (χ0n) is 18.2. The Kier molecular flexibility index (Phi) is 21.9. The molecule has 0 amide bonds. The third-order valence-corrected chi connectivity index (χ3v) is 6.48. The van der Waals surface area contributed by atoms with Gasteiger partial charge in [0.25, 0.3) is 0 Å². The summed E-state index contributed by atoms with van der Waals surface area (Å²) < 4.78 is 37.8. The molecule has 0 radical (unpaired) electrons. The third-order valence-electron chi connectivity index (χ3n) is 3.84. The van der Waals surface area contributed by atoms with Gasteiger partial charge in [0.2, 0.25) is 0 Å². The number of unbranched alkanes of at least 4 members (excludes halogenated alkanes) is 10. The molecule has 0 aliphatic rings. The zero-order valence-corrected chi connectivity index (χ0v) is 20.0. The van der Waals surface area contributed by atoms with Gasteiger partial charge in [-0.3, -0.25) is 9.05 Å². The Morgan fingerprint density at radius 3 is 1.37 bits per heavy atom. The summed E-state index contributed by atoms with van der Waals surface area (Å²) in [6, 6.07) is 0. The fourth-order valence-corrected chi connectivity index (χ4v) is 4.53. The molecule has 0 heterocycles. The minimum Gasteiger partial charge on any atom is -0.480 e. The highest BCUT2D eigenvalue weighted by Gasteiger charge is 2.35. The Morgan fingerprint density at radius 2 is 1.07 bits per heavy atom. The molecule has 182 valence electrons. The van der Waals surface area contributed by atoms with Crippen LogP contribution in [0.5, 0.6) is 0 Å². The lowest BCUT2D eigenvalue weighted by molar-refractivity contribution is -0.140. The second-order valence-corrected chi connectivity index (χ2v) is 9.82. The van der Waals surface area contributed by atoms with Gasteiger partial charge in [0.15, 0.2) is 0 Å². The monoisotopic (exact) mass is 478 g/mol. The molecule has 0 bridgehead atoms. The van der Waals surface area contributed by atoms with Crippen LogP contribution in [0.2, 0.25) is 0 Å². The maximum absolute atomic E-state index is 12.3. The molecule has 0 aliphatic heterocycles. The van der Waals surface area contributed by atoms with Gasteiger partial charge < -0.3 is 20.0 Å². The number of rotatable bonds is 19. The van der Waals surface area contributed by atoms with Gasteiger partial charge in [0.1, 0.15) is 6.61 Å². The molecule has 12 heteroatoms. The van der Waals surface area contributed by atoms with Crippen LogP contribution in [0.15, 0.2) is 0 Å². The topological polar surface area (TPSA) is 160 Å². The van der Waals surface area contributed by atoms with E-state index in [1.165, 1.54) is 12.8 Å². The van der Waals surface area contributed by atoms with E-state index >= 15 is 0 Å². The fraction of sp³-hybridized carbons (Fsp3) is 0.944. The van der Waals surface area contributed by atoms with Crippen LogP contribution in [0.3, 0.4) is 0 Å². The lowest BCUT2D eigenvalue weighted by Gasteiger charge is -2.18. The largest absolute Gasteiger partial charge is 0.483 e. The van der Waals surface area contributed by atoms with Crippen LogP contribution in [0.1, 0.15) is 90.9 Å². The summed E-state index contributed by atoms with van der Waals surface area (Å²) in [6.07, 6.45) is 12.2. The van der Waals surface area contributed by atoms with Crippen molar-refractivity contribution < 1.29 is 47.3 Å². The molecule has 0 fully saturated rings. The number of carboxylic acids is 1. The van der Waals surface area contributed by atoms with Crippen molar-refractivity contribution in [1.82, 2.24) is 0 Å². The normalized spacial score (nSPS) is 11.8. The number of carboxylic acid groups (broad SMARTS) is 1. The number of aliphatic carboxylic acids is 1. The highest BCUT2D eigenvalue weighted by atomic mass is 31.3. The number of carbonyl (C=O) groups is 1. The Balaban J connectivity index is 0. The van der Waals surface area contributed by atoms with Gasteiger partial charge in [-0.15, -0.1) is 0 Å². The second kappa shape index (κ2) is 20.6. The first-order chi connectivity index (χ1) is 14.1. The molecule has 0 aromatic carbocycles. The predicted octanol–water partition coefficient (Wildman–Crippen LogP) is 5.02. The second-order valence-electron chi connectivity index (χ2n) is 6.77. The van der Waals surface area contributed by atoms with E-state index in [1.54, 1.807) is 0 Å². The molecule has 10 nitrogen and oxygen atoms in total. The van der Waals surface area contributed by atoms with E-state index < -0.39 is 28.2 Å². The minimum absolute atomic E-state index is 0.0971. The average Bonchev–Trinajstić information content (AvgIpc) is 2.65. The van der Waals surface area contributed by atoms with Crippen molar-refractivity contribution >= 4 is 21.6 Å². The number of phosphoric acid groups is 2. The quantitative estimate of drug-likeness (QED) is 0.147. The van der Waals surface area contributed by atoms with E-state index in [1.807, 2.05) is 0 Å². The molecule has 4 N–H and O–H groups in total. The smallest absolute Gasteiger partial charge is 0.480 e. The molecule has 0 spiro atoms. The van der Waals surface area contributed by atoms with E-state index in [4.69, 9.17) is 33.8 Å². The number of hydrogen-bond donors (Lipinski definition) is 4. The van der Waals surface area contributed by atoms with Crippen LogP contribution in [-0.4, -0.2) is 45.8 Å². The maximum Gasteiger partial charge on any atom is 0.483 e. The van der Waals surface area contributed by atoms with Crippen LogP contribution in [0.4, 0.5) is 0 Å². The van der Waals surface area contributed by atoms with Gasteiger partial charge in [0, 0.05) is 0 Å². The summed E-state index contributed by atoms with van der Waals surface area (Å²) >= 11 is 0. The molecule has 30 heavy (non-hydrogen) atoms. The highest BCUT2D eigenvalue weighted by molar-refractivity contribution is 7.61. The van der Waals surface area contributed by atoms with Crippen molar-refractivity contribution in [2.45, 2.75) is 90.9 Å². The van der Waals surface area contributed by atoms with Crippen molar-refractivity contribution in [3.63, 3.8) is 0 Å². The van der Waals surface area contributed by atoms with Crippen molar-refractivity contribution in [2.75, 3.05) is 19.8 Å². The van der Waals surface area contributed by atoms with Crippen LogP contribution >= 0.6 is 15.6 Å². The molecule has 0 aromatic rings. The summed E-state index contributed by atoms with van der Waals surface area (Å²) in [5.41, 5.74) is 0. The van der Waals surface area contributed by atoms with Crippen LogP contribution in [0, 0.1) is 0 Å². The molecule has 0 unspecified atom stereocenters. The van der Waals surface area contributed by atoms with E-state index in [0.717, 1.165) is 51.4 Å². The van der Waals surface area contributed by atoms with Crippen molar-refractivity contribution in [1.29, 1.82) is 0 Å². The molecular weight excluding hydrogens is 438 g/mol. The number of aliphatic hydroxyl groups is 1. The van der Waals surface area contributed by atoms with Crippen LogP contribution in [-0.2, 0) is 27.3 Å². The number of phosphoric ester groups is 1. The van der Waals surface area contributed by atoms with Crippen molar-refractivity contribution in [3.8, 4) is 0 Å². The molecular formula is C18H40O10P2. The van der Waals surface area contributed by atoms with Crippen LogP contribution in [0.25, 0.3) is 0 Å². The van der Waals surface area contributed by atoms with Gasteiger partial charge in [-0.05, 0) is 12.8 Å². The maximum atomic E-state index is 12.3. The highest BCUT2D eigenvalue weighted by Crippen LogP contribution is 2.61. The summed E-state index contributed by atoms with van der Waals surface area (Å²) in [7, 11) is -9.17. The molecule has 0 aliphatic carbocycles. The van der Waals surface area contributed by atoms with E-state index in [-0.39, 0.29) is 13.2 Å². The number of hydrogen-bond acceptors (Lipinski definition) is 7. The first kappa shape index (κ1) is 31.9. The molecule has 0 saturated carbocycles. The van der Waals surface area contributed by atoms with E-state index in [2.05, 4.69) is 18.2 Å². The first-order valence-electron chi connectivity index (χ1n) is 10.6.